The van der Waals surface area contributed by atoms with Gasteiger partial charge in [0.05, 0.1) is 23.4 Å². The van der Waals surface area contributed by atoms with Gasteiger partial charge in [-0.2, -0.15) is 0 Å². The van der Waals surface area contributed by atoms with Gasteiger partial charge in [0.15, 0.2) is 0 Å². The molecule has 2 aromatic carbocycles. The molecule has 0 aliphatic heterocycles. The molecule has 2 aromatic rings. The van der Waals surface area contributed by atoms with Crippen molar-refractivity contribution in [2.45, 2.75) is 6.92 Å². The average Bonchev–Trinajstić information content (AvgIpc) is 2.42. The van der Waals surface area contributed by atoms with Crippen LogP contribution in [0.1, 0.15) is 15.9 Å². The molecule has 0 aromatic heterocycles. The summed E-state index contributed by atoms with van der Waals surface area (Å²) >= 11 is 9.41. The van der Waals surface area contributed by atoms with E-state index in [0.717, 1.165) is 10.0 Å². The van der Waals surface area contributed by atoms with Crippen LogP contribution in [0.5, 0.6) is 5.75 Å². The molecule has 5 heteroatoms. The number of rotatable bonds is 3. The molecule has 20 heavy (non-hydrogen) atoms. The zero-order valence-electron chi connectivity index (χ0n) is 11.0. The molecule has 1 amide bonds. The molecule has 0 saturated carbocycles. The number of hydrogen-bond acceptors (Lipinski definition) is 2. The fourth-order valence-electron chi connectivity index (χ4n) is 1.78. The minimum Gasteiger partial charge on any atom is -0.496 e. The summed E-state index contributed by atoms with van der Waals surface area (Å²) in [6, 6.07) is 10.7. The summed E-state index contributed by atoms with van der Waals surface area (Å²) in [6.45, 7) is 1.94. The van der Waals surface area contributed by atoms with Crippen LogP contribution in [0.4, 0.5) is 5.69 Å². The number of methoxy groups -OCH3 is 1. The predicted molar refractivity (Wildman–Crippen MR) is 84.8 cm³/mol. The van der Waals surface area contributed by atoms with Crippen LogP contribution in [0.2, 0.25) is 5.02 Å². The monoisotopic (exact) mass is 353 g/mol. The van der Waals surface area contributed by atoms with E-state index in [4.69, 9.17) is 16.3 Å². The quantitative estimate of drug-likeness (QED) is 0.869. The maximum absolute atomic E-state index is 12.3. The van der Waals surface area contributed by atoms with Gasteiger partial charge in [0.1, 0.15) is 5.75 Å². The zero-order valence-corrected chi connectivity index (χ0v) is 13.4. The van der Waals surface area contributed by atoms with E-state index in [0.29, 0.717) is 22.0 Å². The second kappa shape index (κ2) is 6.29. The van der Waals surface area contributed by atoms with Crippen molar-refractivity contribution in [3.63, 3.8) is 0 Å². The van der Waals surface area contributed by atoms with Gasteiger partial charge in [-0.25, -0.2) is 0 Å². The summed E-state index contributed by atoms with van der Waals surface area (Å²) < 4.78 is 6.06. The Balaban J connectivity index is 2.30. The zero-order chi connectivity index (χ0) is 14.7. The summed E-state index contributed by atoms with van der Waals surface area (Å²) in [7, 11) is 1.53. The SMILES string of the molecule is COc1cc(Br)ccc1C(=O)Nc1cc(C)ccc1Cl. The Morgan fingerprint density at radius 2 is 2.00 bits per heavy atom. The highest BCUT2D eigenvalue weighted by Crippen LogP contribution is 2.27. The molecule has 0 atom stereocenters. The van der Waals surface area contributed by atoms with Crippen LogP contribution in [-0.2, 0) is 0 Å². The minimum atomic E-state index is -0.262. The van der Waals surface area contributed by atoms with E-state index in [-0.39, 0.29) is 5.91 Å². The van der Waals surface area contributed by atoms with Gasteiger partial charge in [0, 0.05) is 4.47 Å². The van der Waals surface area contributed by atoms with Crippen LogP contribution in [0, 0.1) is 6.92 Å². The minimum absolute atomic E-state index is 0.262. The van der Waals surface area contributed by atoms with Crippen molar-refractivity contribution in [1.29, 1.82) is 0 Å². The molecule has 0 saturated heterocycles. The topological polar surface area (TPSA) is 38.3 Å². The molecule has 104 valence electrons. The maximum Gasteiger partial charge on any atom is 0.259 e. The van der Waals surface area contributed by atoms with Gasteiger partial charge in [-0.15, -0.1) is 0 Å². The van der Waals surface area contributed by atoms with Crippen LogP contribution >= 0.6 is 27.5 Å². The number of hydrogen-bond donors (Lipinski definition) is 1. The van der Waals surface area contributed by atoms with Crippen molar-refractivity contribution in [1.82, 2.24) is 0 Å². The van der Waals surface area contributed by atoms with Crippen molar-refractivity contribution >= 4 is 39.1 Å². The molecular weight excluding hydrogens is 342 g/mol. The van der Waals surface area contributed by atoms with Crippen LogP contribution in [0.25, 0.3) is 0 Å². The summed E-state index contributed by atoms with van der Waals surface area (Å²) in [5, 5.41) is 3.30. The number of aryl methyl sites for hydroxylation is 1. The largest absolute Gasteiger partial charge is 0.496 e. The predicted octanol–water partition coefficient (Wildman–Crippen LogP) is 4.67. The lowest BCUT2D eigenvalue weighted by Gasteiger charge is -2.11. The number of ether oxygens (including phenoxy) is 1. The lowest BCUT2D eigenvalue weighted by molar-refractivity contribution is 0.102. The van der Waals surface area contributed by atoms with Crippen LogP contribution in [-0.4, -0.2) is 13.0 Å². The van der Waals surface area contributed by atoms with Gasteiger partial charge in [0.25, 0.3) is 5.91 Å². The third-order valence-corrected chi connectivity index (χ3v) is 3.60. The lowest BCUT2D eigenvalue weighted by atomic mass is 10.1. The van der Waals surface area contributed by atoms with Gasteiger partial charge < -0.3 is 10.1 Å². The fraction of sp³-hybridized carbons (Fsp3) is 0.133. The first kappa shape index (κ1) is 14.9. The number of benzene rings is 2. The number of anilines is 1. The van der Waals surface area contributed by atoms with Crippen LogP contribution < -0.4 is 10.1 Å². The van der Waals surface area contributed by atoms with Crippen LogP contribution in [0.15, 0.2) is 40.9 Å². The van der Waals surface area contributed by atoms with E-state index in [1.165, 1.54) is 7.11 Å². The summed E-state index contributed by atoms with van der Waals surface area (Å²) in [6.07, 6.45) is 0. The molecule has 0 aliphatic carbocycles. The number of amides is 1. The number of nitrogens with one attached hydrogen (secondary N) is 1. The number of carbonyl (C=O) groups excluding carboxylic acids is 1. The molecule has 0 radical (unpaired) electrons. The van der Waals surface area contributed by atoms with Gasteiger partial charge in [-0.3, -0.25) is 4.79 Å². The van der Waals surface area contributed by atoms with E-state index >= 15 is 0 Å². The number of carbonyl (C=O) groups is 1. The van der Waals surface area contributed by atoms with Crippen molar-refractivity contribution < 1.29 is 9.53 Å². The van der Waals surface area contributed by atoms with Crippen molar-refractivity contribution in [3.05, 3.63) is 57.0 Å². The van der Waals surface area contributed by atoms with E-state index in [9.17, 15) is 4.79 Å². The molecule has 0 unspecified atom stereocenters. The van der Waals surface area contributed by atoms with Crippen molar-refractivity contribution in [2.24, 2.45) is 0 Å². The Bertz CT molecular complexity index is 658. The smallest absolute Gasteiger partial charge is 0.259 e. The molecule has 0 aliphatic rings. The summed E-state index contributed by atoms with van der Waals surface area (Å²) in [5.74, 6) is 0.238. The Hall–Kier alpha value is -1.52. The molecule has 0 fully saturated rings. The first-order chi connectivity index (χ1) is 9.51. The standard InChI is InChI=1S/C15H13BrClNO2/c1-9-3-6-12(17)13(7-9)18-15(19)11-5-4-10(16)8-14(11)20-2/h3-8H,1-2H3,(H,18,19). The van der Waals surface area contributed by atoms with Gasteiger partial charge >= 0.3 is 0 Å². The maximum atomic E-state index is 12.3. The summed E-state index contributed by atoms with van der Waals surface area (Å²) in [5.41, 5.74) is 2.06. The molecule has 0 heterocycles. The summed E-state index contributed by atoms with van der Waals surface area (Å²) in [4.78, 5) is 12.3. The lowest BCUT2D eigenvalue weighted by Crippen LogP contribution is -2.13. The van der Waals surface area contributed by atoms with Crippen LogP contribution in [0.3, 0.4) is 0 Å². The Labute approximate surface area is 131 Å². The van der Waals surface area contributed by atoms with Gasteiger partial charge in [0.2, 0.25) is 0 Å². The third kappa shape index (κ3) is 3.32. The van der Waals surface area contributed by atoms with Crippen molar-refractivity contribution in [2.75, 3.05) is 12.4 Å². The molecule has 1 N–H and O–H groups in total. The molecular formula is C15H13BrClNO2. The van der Waals surface area contributed by atoms with Crippen molar-refractivity contribution in [3.8, 4) is 5.75 Å². The van der Waals surface area contributed by atoms with E-state index < -0.39 is 0 Å². The number of halogens is 2. The Morgan fingerprint density at radius 1 is 1.25 bits per heavy atom. The molecule has 2 rings (SSSR count). The molecule has 0 spiro atoms. The first-order valence-corrected chi connectivity index (χ1v) is 7.09. The molecule has 3 nitrogen and oxygen atoms in total. The van der Waals surface area contributed by atoms with Gasteiger partial charge in [-0.05, 0) is 42.8 Å². The highest BCUT2D eigenvalue weighted by atomic mass is 79.9. The van der Waals surface area contributed by atoms with E-state index in [2.05, 4.69) is 21.2 Å². The Kier molecular flexibility index (Phi) is 4.68. The third-order valence-electron chi connectivity index (χ3n) is 2.78. The fourth-order valence-corrected chi connectivity index (χ4v) is 2.28. The normalized spacial score (nSPS) is 10.2. The van der Waals surface area contributed by atoms with E-state index in [1.807, 2.05) is 19.1 Å². The van der Waals surface area contributed by atoms with E-state index in [1.54, 1.807) is 24.3 Å². The second-order valence-electron chi connectivity index (χ2n) is 4.28. The molecule has 0 bridgehead atoms. The second-order valence-corrected chi connectivity index (χ2v) is 5.60. The average molecular weight is 355 g/mol. The highest BCUT2D eigenvalue weighted by molar-refractivity contribution is 9.10. The van der Waals surface area contributed by atoms with Gasteiger partial charge in [-0.1, -0.05) is 33.6 Å². The highest BCUT2D eigenvalue weighted by Gasteiger charge is 2.14. The Morgan fingerprint density at radius 3 is 2.70 bits per heavy atom. The first-order valence-electron chi connectivity index (χ1n) is 5.92.